The lowest BCUT2D eigenvalue weighted by atomic mass is 9.68. The van der Waals surface area contributed by atoms with E-state index in [1.165, 1.54) is 89.3 Å². The van der Waals surface area contributed by atoms with Crippen LogP contribution >= 0.6 is 22.6 Å². The second-order valence-electron chi connectivity index (χ2n) is 16.5. The largest absolute Gasteiger partial charge is 0.223 e. The van der Waals surface area contributed by atoms with Gasteiger partial charge in [-0.25, -0.2) is 0 Å². The minimum Gasteiger partial charge on any atom is -0.188 e. The first-order chi connectivity index (χ1) is 26.2. The summed E-state index contributed by atoms with van der Waals surface area (Å²) >= 11 is 2.85. The average Bonchev–Trinajstić information content (AvgIpc) is 3.76. The molecular weight excluding hydrogens is 767 g/mol. The maximum atomic E-state index is 2.85. The number of hydrogen-bond donors (Lipinski definition) is 0. The molecule has 5 heterocycles. The molecule has 2 aromatic heterocycles. The van der Waals surface area contributed by atoms with Crippen LogP contribution < -0.4 is 9.13 Å². The molecule has 3 aliphatic heterocycles. The molecule has 12 rings (SSSR count). The van der Waals surface area contributed by atoms with Crippen LogP contribution in [0.25, 0.3) is 55.8 Å². The fraction of sp³-hybridized carbons (Fsp3) is 0.176. The predicted octanol–water partition coefficient (Wildman–Crippen LogP) is 11.2. The lowest BCUT2D eigenvalue weighted by Crippen LogP contribution is -2.62. The fourth-order valence-electron chi connectivity index (χ4n) is 11.6. The standard InChI is InChI=1S/C51H39IN2/c1-31-25-50(52)33(3)47-48(31,4)51(47)28-44(41-21-13-11-19-39(41)43-30-53(51)32(2)24-42(43)34-14-6-5-7-15-34)49-26-35-16-8-9-18-38(35)46-23-22-36(29-54(46)49)37-17-10-12-20-40(37)45(50)27-49/h5-25,27-30H,26H2,1-4H3/q+2/b44-28-,45-27-. The van der Waals surface area contributed by atoms with Gasteiger partial charge in [-0.2, -0.15) is 9.13 Å². The summed E-state index contributed by atoms with van der Waals surface area (Å²) in [5.74, 6) is 0. The van der Waals surface area contributed by atoms with Gasteiger partial charge in [0.1, 0.15) is 0 Å². The maximum absolute atomic E-state index is 2.85. The zero-order valence-electron chi connectivity index (χ0n) is 30.9. The van der Waals surface area contributed by atoms with Gasteiger partial charge in [0.2, 0.25) is 16.8 Å². The Hall–Kier alpha value is -5.13. The SMILES string of the molecule is CC1=CC2(I)C(C)=C3C1(C)C31/C=C(/c3ccccc3-c3c[n+]1c(C)cc3-c1ccccc1)C13/C=C\2c2ccccc2-c2ccc([n+]1c2)-c1ccccc1C3. The molecule has 3 aliphatic carbocycles. The molecule has 3 heteroatoms. The summed E-state index contributed by atoms with van der Waals surface area (Å²) in [7, 11) is 0. The van der Waals surface area contributed by atoms with Gasteiger partial charge >= 0.3 is 0 Å². The molecule has 10 bridgehead atoms. The normalized spacial score (nSPS) is 29.0. The number of rotatable bonds is 1. The summed E-state index contributed by atoms with van der Waals surface area (Å²) in [6.45, 7) is 9.71. The molecule has 6 aromatic rings. The van der Waals surface area contributed by atoms with Crippen molar-refractivity contribution in [3.8, 4) is 44.6 Å². The van der Waals surface area contributed by atoms with Crippen molar-refractivity contribution in [3.63, 3.8) is 0 Å². The quantitative estimate of drug-likeness (QED) is 0.0677. The second-order valence-corrected chi connectivity index (χ2v) is 18.2. The Morgan fingerprint density at radius 1 is 0.556 bits per heavy atom. The van der Waals surface area contributed by atoms with E-state index in [4.69, 9.17) is 0 Å². The van der Waals surface area contributed by atoms with Crippen LogP contribution in [0.15, 0.2) is 169 Å². The summed E-state index contributed by atoms with van der Waals surface area (Å²) in [6.07, 6.45) is 14.0. The second kappa shape index (κ2) is 10.1. The van der Waals surface area contributed by atoms with Gasteiger partial charge in [0.15, 0.2) is 18.1 Å². The number of aryl methyl sites for hydroxylation is 1. The number of nitrogens with zero attached hydrogens (tertiary/aromatic N) is 2. The molecule has 1 saturated carbocycles. The van der Waals surface area contributed by atoms with Gasteiger partial charge in [0, 0.05) is 59.4 Å². The van der Waals surface area contributed by atoms with Crippen LogP contribution in [0, 0.1) is 12.3 Å². The molecule has 4 atom stereocenters. The highest BCUT2D eigenvalue weighted by Crippen LogP contribution is 2.76. The van der Waals surface area contributed by atoms with Crippen molar-refractivity contribution in [2.45, 2.75) is 48.6 Å². The molecule has 2 nitrogen and oxygen atoms in total. The highest BCUT2D eigenvalue weighted by molar-refractivity contribution is 14.1. The molecule has 54 heavy (non-hydrogen) atoms. The van der Waals surface area contributed by atoms with Crippen molar-refractivity contribution in [3.05, 3.63) is 191 Å². The molecule has 4 aromatic carbocycles. The third-order valence-corrected chi connectivity index (χ3v) is 15.9. The van der Waals surface area contributed by atoms with Gasteiger partial charge < -0.3 is 0 Å². The Bertz CT molecular complexity index is 2870. The zero-order valence-corrected chi connectivity index (χ0v) is 33.1. The first-order valence-corrected chi connectivity index (χ1v) is 20.3. The molecule has 4 unspecified atom stereocenters. The Morgan fingerprint density at radius 3 is 2.00 bits per heavy atom. The third-order valence-electron chi connectivity index (χ3n) is 14.2. The van der Waals surface area contributed by atoms with Gasteiger partial charge in [-0.05, 0) is 83.5 Å². The molecule has 0 N–H and O–H groups in total. The Kier molecular flexibility index (Phi) is 5.86. The van der Waals surface area contributed by atoms with Crippen molar-refractivity contribution in [2.24, 2.45) is 5.41 Å². The minimum atomic E-state index is -0.530. The van der Waals surface area contributed by atoms with Gasteiger partial charge in [-0.15, -0.1) is 0 Å². The fourth-order valence-corrected chi connectivity index (χ4v) is 12.8. The van der Waals surface area contributed by atoms with Gasteiger partial charge in [-0.1, -0.05) is 131 Å². The first-order valence-electron chi connectivity index (χ1n) is 19.2. The monoisotopic (exact) mass is 806 g/mol. The number of allylic oxidation sites excluding steroid dienone is 8. The van der Waals surface area contributed by atoms with E-state index in [9.17, 15) is 0 Å². The Morgan fingerprint density at radius 2 is 1.22 bits per heavy atom. The van der Waals surface area contributed by atoms with Crippen LogP contribution in [0.1, 0.15) is 43.2 Å². The highest BCUT2D eigenvalue weighted by atomic mass is 127. The van der Waals surface area contributed by atoms with Crippen LogP contribution in [-0.4, -0.2) is 3.42 Å². The van der Waals surface area contributed by atoms with E-state index in [1.807, 2.05) is 0 Å². The summed E-state index contributed by atoms with van der Waals surface area (Å²) in [5.41, 5.74) is 21.7. The number of pyridine rings is 2. The van der Waals surface area contributed by atoms with E-state index in [0.717, 1.165) is 6.42 Å². The molecule has 2 spiro atoms. The van der Waals surface area contributed by atoms with Crippen molar-refractivity contribution < 1.29 is 9.13 Å². The highest BCUT2D eigenvalue weighted by Gasteiger charge is 2.81. The smallest absolute Gasteiger partial charge is 0.188 e. The number of alkyl halides is 1. The third kappa shape index (κ3) is 3.50. The number of hydrogen-bond acceptors (Lipinski definition) is 0. The summed E-state index contributed by atoms with van der Waals surface area (Å²) < 4.78 is 5.00. The van der Waals surface area contributed by atoms with Crippen molar-refractivity contribution >= 4 is 33.7 Å². The Labute approximate surface area is 330 Å². The molecule has 1 fully saturated rings. The van der Waals surface area contributed by atoms with E-state index in [1.54, 1.807) is 5.57 Å². The van der Waals surface area contributed by atoms with E-state index >= 15 is 0 Å². The molecular formula is C51H39IN2+2. The summed E-state index contributed by atoms with van der Waals surface area (Å²) in [4.78, 5) is 0. The van der Waals surface area contributed by atoms with E-state index < -0.39 is 5.54 Å². The topological polar surface area (TPSA) is 7.76 Å². The Balaban J connectivity index is 1.33. The van der Waals surface area contributed by atoms with Crippen LogP contribution in [-0.2, 0) is 17.5 Å². The van der Waals surface area contributed by atoms with Gasteiger partial charge in [0.25, 0.3) is 0 Å². The predicted molar refractivity (Wildman–Crippen MR) is 227 cm³/mol. The maximum Gasteiger partial charge on any atom is 0.223 e. The van der Waals surface area contributed by atoms with Gasteiger partial charge in [0.05, 0.1) is 14.4 Å². The number of aromatic nitrogens is 2. The average molecular weight is 807 g/mol. The molecule has 258 valence electrons. The van der Waals surface area contributed by atoms with E-state index in [0.29, 0.717) is 0 Å². The van der Waals surface area contributed by atoms with Crippen molar-refractivity contribution in [1.82, 2.24) is 0 Å². The lowest BCUT2D eigenvalue weighted by molar-refractivity contribution is -0.737. The summed E-state index contributed by atoms with van der Waals surface area (Å²) in [5, 5.41) is 0. The van der Waals surface area contributed by atoms with E-state index in [-0.39, 0.29) is 14.4 Å². The van der Waals surface area contributed by atoms with Crippen LogP contribution in [0.3, 0.4) is 0 Å². The molecule has 6 aliphatic rings. The molecule has 0 radical (unpaired) electrons. The van der Waals surface area contributed by atoms with Crippen LogP contribution in [0.2, 0.25) is 0 Å². The number of fused-ring (bicyclic) bond motifs is 13. The van der Waals surface area contributed by atoms with Gasteiger partial charge in [-0.3, -0.25) is 0 Å². The number of halogens is 1. The molecule has 0 saturated heterocycles. The molecule has 0 amide bonds. The van der Waals surface area contributed by atoms with Crippen LogP contribution in [0.4, 0.5) is 0 Å². The van der Waals surface area contributed by atoms with Crippen LogP contribution in [0.5, 0.6) is 0 Å². The first kappa shape index (κ1) is 31.2. The minimum absolute atomic E-state index is 0.181. The van der Waals surface area contributed by atoms with Crippen molar-refractivity contribution in [1.29, 1.82) is 0 Å². The lowest BCUT2D eigenvalue weighted by Gasteiger charge is -2.41. The van der Waals surface area contributed by atoms with E-state index in [2.05, 4.69) is 211 Å². The number of benzene rings is 4. The zero-order chi connectivity index (χ0) is 36.4. The summed E-state index contributed by atoms with van der Waals surface area (Å²) in [6, 6.07) is 45.8. The van der Waals surface area contributed by atoms with Crippen molar-refractivity contribution in [2.75, 3.05) is 0 Å².